The minimum atomic E-state index is -0.263. The molecule has 28 heavy (non-hydrogen) atoms. The standard InChI is InChI=1S/C22H21N3O3/c1-23-22(27)18-10-16(20(26)8-14-11-24-25(2)12-14)9-17-19(13-28-21(17)18)15-6-4-3-5-7-15/h3-7,9-12,19H,8,13H2,1-2H3,(H,23,27). The number of nitrogens with one attached hydrogen (secondary N) is 1. The van der Waals surface area contributed by atoms with Crippen LogP contribution in [-0.4, -0.2) is 35.1 Å². The van der Waals surface area contributed by atoms with Gasteiger partial charge < -0.3 is 10.1 Å². The maximum absolute atomic E-state index is 12.9. The lowest BCUT2D eigenvalue weighted by molar-refractivity contribution is 0.0960. The van der Waals surface area contributed by atoms with E-state index in [1.807, 2.05) is 49.6 Å². The van der Waals surface area contributed by atoms with E-state index in [0.717, 1.165) is 16.7 Å². The molecule has 2 aromatic carbocycles. The zero-order valence-corrected chi connectivity index (χ0v) is 15.8. The Morgan fingerprint density at radius 1 is 1.25 bits per heavy atom. The van der Waals surface area contributed by atoms with Gasteiger partial charge >= 0.3 is 0 Å². The zero-order valence-electron chi connectivity index (χ0n) is 15.8. The van der Waals surface area contributed by atoms with Gasteiger partial charge in [0.1, 0.15) is 5.75 Å². The molecule has 3 aromatic rings. The molecule has 6 nitrogen and oxygen atoms in total. The minimum Gasteiger partial charge on any atom is -0.491 e. The Balaban J connectivity index is 1.76. The normalized spacial score (nSPS) is 15.0. The highest BCUT2D eigenvalue weighted by atomic mass is 16.5. The quantitative estimate of drug-likeness (QED) is 0.696. The molecule has 4 rings (SSSR count). The van der Waals surface area contributed by atoms with E-state index < -0.39 is 0 Å². The van der Waals surface area contributed by atoms with E-state index in [9.17, 15) is 9.59 Å². The fraction of sp³-hybridized carbons (Fsp3) is 0.227. The molecule has 6 heteroatoms. The SMILES string of the molecule is CNC(=O)c1cc(C(=O)Cc2cnn(C)c2)cc2c1OCC2c1ccccc1. The number of aryl methyl sites for hydroxylation is 1. The summed E-state index contributed by atoms with van der Waals surface area (Å²) in [5.41, 5.74) is 3.72. The highest BCUT2D eigenvalue weighted by molar-refractivity contribution is 6.03. The van der Waals surface area contributed by atoms with Crippen LogP contribution < -0.4 is 10.1 Å². The minimum absolute atomic E-state index is 0.00857. The Bertz CT molecular complexity index is 1040. The largest absolute Gasteiger partial charge is 0.491 e. The van der Waals surface area contributed by atoms with Gasteiger partial charge in [-0.25, -0.2) is 0 Å². The monoisotopic (exact) mass is 375 g/mol. The Labute approximate surface area is 163 Å². The maximum Gasteiger partial charge on any atom is 0.254 e. The van der Waals surface area contributed by atoms with Crippen molar-refractivity contribution < 1.29 is 14.3 Å². The second-order valence-electron chi connectivity index (χ2n) is 6.92. The van der Waals surface area contributed by atoms with E-state index >= 15 is 0 Å². The van der Waals surface area contributed by atoms with Crippen molar-refractivity contribution in [2.75, 3.05) is 13.7 Å². The predicted octanol–water partition coefficient (Wildman–Crippen LogP) is 2.73. The van der Waals surface area contributed by atoms with Gasteiger partial charge in [0, 0.05) is 43.8 Å². The molecule has 0 spiro atoms. The lowest BCUT2D eigenvalue weighted by atomic mass is 9.89. The summed E-state index contributed by atoms with van der Waals surface area (Å²) in [5, 5.41) is 6.75. The molecule has 1 aliphatic rings. The first kappa shape index (κ1) is 18.0. The fourth-order valence-electron chi connectivity index (χ4n) is 3.60. The van der Waals surface area contributed by atoms with Gasteiger partial charge in [0.25, 0.3) is 5.91 Å². The first-order valence-electron chi connectivity index (χ1n) is 9.15. The first-order chi connectivity index (χ1) is 13.6. The van der Waals surface area contributed by atoms with Crippen molar-refractivity contribution in [2.24, 2.45) is 7.05 Å². The molecule has 0 radical (unpaired) electrons. The van der Waals surface area contributed by atoms with Crippen LogP contribution in [0.25, 0.3) is 0 Å². The number of ether oxygens (including phenoxy) is 1. The third kappa shape index (κ3) is 3.29. The number of aromatic nitrogens is 2. The number of carbonyl (C=O) groups excluding carboxylic acids is 2. The molecule has 2 heterocycles. The van der Waals surface area contributed by atoms with Gasteiger partial charge in [-0.1, -0.05) is 30.3 Å². The smallest absolute Gasteiger partial charge is 0.254 e. The molecular formula is C22H21N3O3. The summed E-state index contributed by atoms with van der Waals surface area (Å²) in [7, 11) is 3.39. The molecule has 1 amide bonds. The highest BCUT2D eigenvalue weighted by Gasteiger charge is 2.31. The third-order valence-corrected chi connectivity index (χ3v) is 5.01. The Kier molecular flexibility index (Phi) is 4.69. The summed E-state index contributed by atoms with van der Waals surface area (Å²) >= 11 is 0. The van der Waals surface area contributed by atoms with Gasteiger partial charge in [-0.15, -0.1) is 0 Å². The van der Waals surface area contributed by atoms with Gasteiger partial charge in [-0.2, -0.15) is 5.10 Å². The molecule has 1 unspecified atom stereocenters. The van der Waals surface area contributed by atoms with Crippen LogP contribution in [0.3, 0.4) is 0 Å². The number of ketones is 1. The van der Waals surface area contributed by atoms with Gasteiger partial charge in [0.15, 0.2) is 5.78 Å². The van der Waals surface area contributed by atoms with Crippen LogP contribution in [0.5, 0.6) is 5.75 Å². The predicted molar refractivity (Wildman–Crippen MR) is 105 cm³/mol. The van der Waals surface area contributed by atoms with Crippen molar-refractivity contribution in [3.8, 4) is 5.75 Å². The molecule has 0 fully saturated rings. The van der Waals surface area contributed by atoms with Crippen molar-refractivity contribution in [2.45, 2.75) is 12.3 Å². The number of fused-ring (bicyclic) bond motifs is 1. The topological polar surface area (TPSA) is 73.2 Å². The van der Waals surface area contributed by atoms with Crippen molar-refractivity contribution in [3.05, 3.63) is 82.7 Å². The second-order valence-corrected chi connectivity index (χ2v) is 6.92. The number of amides is 1. The van der Waals surface area contributed by atoms with E-state index in [4.69, 9.17) is 4.74 Å². The maximum atomic E-state index is 12.9. The molecule has 1 aliphatic heterocycles. The van der Waals surface area contributed by atoms with E-state index in [2.05, 4.69) is 10.4 Å². The molecule has 1 aromatic heterocycles. The number of hydrogen-bond donors (Lipinski definition) is 1. The number of benzene rings is 2. The Hall–Kier alpha value is -3.41. The zero-order chi connectivity index (χ0) is 19.7. The van der Waals surface area contributed by atoms with Crippen LogP contribution in [-0.2, 0) is 13.5 Å². The van der Waals surface area contributed by atoms with Crippen LogP contribution >= 0.6 is 0 Å². The van der Waals surface area contributed by atoms with E-state index in [1.54, 1.807) is 24.0 Å². The van der Waals surface area contributed by atoms with Crippen LogP contribution in [0.1, 0.15) is 43.3 Å². The average molecular weight is 375 g/mol. The Morgan fingerprint density at radius 2 is 2.04 bits per heavy atom. The van der Waals surface area contributed by atoms with Crippen LogP contribution in [0.2, 0.25) is 0 Å². The van der Waals surface area contributed by atoms with Gasteiger partial charge in [0.05, 0.1) is 18.4 Å². The number of Topliss-reactive ketones (excluding diaryl/α,β-unsaturated/α-hetero) is 1. The summed E-state index contributed by atoms with van der Waals surface area (Å²) in [6.45, 7) is 0.448. The molecule has 1 atom stereocenters. The van der Waals surface area contributed by atoms with E-state index in [-0.39, 0.29) is 24.0 Å². The van der Waals surface area contributed by atoms with E-state index in [0.29, 0.717) is 23.5 Å². The number of hydrogen-bond acceptors (Lipinski definition) is 4. The summed E-state index contributed by atoms with van der Waals surface area (Å²) in [4.78, 5) is 25.4. The molecule has 0 saturated heterocycles. The van der Waals surface area contributed by atoms with Crippen LogP contribution in [0, 0.1) is 0 Å². The molecule has 0 bridgehead atoms. The van der Waals surface area contributed by atoms with Gasteiger partial charge in [0.2, 0.25) is 0 Å². The fourth-order valence-corrected chi connectivity index (χ4v) is 3.60. The second kappa shape index (κ2) is 7.31. The number of nitrogens with zero attached hydrogens (tertiary/aromatic N) is 2. The molecule has 0 aliphatic carbocycles. The van der Waals surface area contributed by atoms with E-state index in [1.165, 1.54) is 0 Å². The first-order valence-corrected chi connectivity index (χ1v) is 9.15. The van der Waals surface area contributed by atoms with Crippen molar-refractivity contribution in [1.82, 2.24) is 15.1 Å². The Morgan fingerprint density at radius 3 is 2.71 bits per heavy atom. The molecule has 142 valence electrons. The van der Waals surface area contributed by atoms with Gasteiger partial charge in [-0.3, -0.25) is 14.3 Å². The van der Waals surface area contributed by atoms with Crippen molar-refractivity contribution >= 4 is 11.7 Å². The van der Waals surface area contributed by atoms with Gasteiger partial charge in [-0.05, 0) is 23.3 Å². The number of rotatable bonds is 5. The summed E-state index contributed by atoms with van der Waals surface area (Å²) < 4.78 is 7.56. The van der Waals surface area contributed by atoms with Crippen molar-refractivity contribution in [3.63, 3.8) is 0 Å². The van der Waals surface area contributed by atoms with Crippen LogP contribution in [0.4, 0.5) is 0 Å². The molecular weight excluding hydrogens is 354 g/mol. The lowest BCUT2D eigenvalue weighted by Crippen LogP contribution is -2.19. The third-order valence-electron chi connectivity index (χ3n) is 5.01. The highest BCUT2D eigenvalue weighted by Crippen LogP contribution is 2.41. The summed E-state index contributed by atoms with van der Waals surface area (Å²) in [6.07, 6.45) is 3.73. The average Bonchev–Trinajstić information content (AvgIpc) is 3.33. The summed E-state index contributed by atoms with van der Waals surface area (Å²) in [5.74, 6) is 0.234. The number of carbonyl (C=O) groups is 2. The van der Waals surface area contributed by atoms with Crippen molar-refractivity contribution in [1.29, 1.82) is 0 Å². The molecule has 0 saturated carbocycles. The van der Waals surface area contributed by atoms with Crippen LogP contribution in [0.15, 0.2) is 54.9 Å². The summed E-state index contributed by atoms with van der Waals surface area (Å²) in [6, 6.07) is 13.5. The lowest BCUT2D eigenvalue weighted by Gasteiger charge is -2.12. The molecule has 1 N–H and O–H groups in total.